The van der Waals surface area contributed by atoms with Crippen molar-refractivity contribution in [2.24, 2.45) is 0 Å². The van der Waals surface area contributed by atoms with Crippen molar-refractivity contribution in [1.82, 2.24) is 5.32 Å². The molecule has 0 aliphatic carbocycles. The zero-order chi connectivity index (χ0) is 18.1. The van der Waals surface area contributed by atoms with Crippen molar-refractivity contribution in [3.8, 4) is 11.5 Å². The molecule has 1 unspecified atom stereocenters. The predicted molar refractivity (Wildman–Crippen MR) is 96.7 cm³/mol. The molecule has 0 saturated carbocycles. The second kappa shape index (κ2) is 10.0. The lowest BCUT2D eigenvalue weighted by Gasteiger charge is -2.15. The number of benzene rings is 2. The first-order chi connectivity index (χ1) is 12.0. The Morgan fingerprint density at radius 3 is 2.16 bits per heavy atom. The van der Waals surface area contributed by atoms with E-state index in [0.717, 1.165) is 11.3 Å². The van der Waals surface area contributed by atoms with Crippen LogP contribution >= 0.6 is 0 Å². The van der Waals surface area contributed by atoms with Crippen LogP contribution in [0.3, 0.4) is 0 Å². The Bertz CT molecular complexity index is 614. The normalized spacial score (nSPS) is 12.2. The molecular weight excluding hydrogens is 321 g/mol. The van der Waals surface area contributed by atoms with Gasteiger partial charge >= 0.3 is 0 Å². The summed E-state index contributed by atoms with van der Waals surface area (Å²) in [5.41, 5.74) is 1.03. The summed E-state index contributed by atoms with van der Waals surface area (Å²) in [6.07, 6.45) is 0.169. The van der Waals surface area contributed by atoms with E-state index in [4.69, 9.17) is 9.47 Å². The van der Waals surface area contributed by atoms with E-state index in [1.165, 1.54) is 12.1 Å². The van der Waals surface area contributed by atoms with Gasteiger partial charge in [0.15, 0.2) is 0 Å². The molecule has 2 rings (SSSR count). The highest BCUT2D eigenvalue weighted by atomic mass is 19.1. The number of nitrogens with one attached hydrogen (secondary N) is 1. The van der Waals surface area contributed by atoms with Crippen LogP contribution in [0.2, 0.25) is 0 Å². The summed E-state index contributed by atoms with van der Waals surface area (Å²) >= 11 is 0. The van der Waals surface area contributed by atoms with Crippen LogP contribution in [0.5, 0.6) is 11.5 Å². The molecule has 0 heterocycles. The van der Waals surface area contributed by atoms with Crippen LogP contribution in [0.1, 0.15) is 19.4 Å². The number of halogens is 1. The molecule has 25 heavy (non-hydrogen) atoms. The van der Waals surface area contributed by atoms with Gasteiger partial charge in [-0.25, -0.2) is 4.39 Å². The fourth-order valence-electron chi connectivity index (χ4n) is 2.19. The molecule has 5 heteroatoms. The number of hydrogen-bond donors (Lipinski definition) is 2. The summed E-state index contributed by atoms with van der Waals surface area (Å²) in [4.78, 5) is 0. The summed E-state index contributed by atoms with van der Waals surface area (Å²) in [5.74, 6) is 1.20. The molecule has 0 aromatic heterocycles. The Morgan fingerprint density at radius 2 is 1.56 bits per heavy atom. The maximum atomic E-state index is 12.8. The van der Waals surface area contributed by atoms with Crippen LogP contribution in [0.15, 0.2) is 48.5 Å². The van der Waals surface area contributed by atoms with E-state index >= 15 is 0 Å². The molecule has 0 fully saturated rings. The van der Waals surface area contributed by atoms with Crippen LogP contribution in [-0.4, -0.2) is 37.0 Å². The molecule has 136 valence electrons. The predicted octanol–water partition coefficient (Wildman–Crippen LogP) is 3.18. The second-order valence-corrected chi connectivity index (χ2v) is 6.22. The molecule has 1 atom stereocenters. The van der Waals surface area contributed by atoms with Gasteiger partial charge in [-0.1, -0.05) is 26.0 Å². The van der Waals surface area contributed by atoms with Gasteiger partial charge in [0.25, 0.3) is 0 Å². The molecule has 0 bridgehead atoms. The van der Waals surface area contributed by atoms with Crippen LogP contribution in [-0.2, 0) is 6.42 Å². The van der Waals surface area contributed by atoms with Crippen molar-refractivity contribution < 1.29 is 19.0 Å². The van der Waals surface area contributed by atoms with E-state index < -0.39 is 6.10 Å². The standard InChI is InChI=1S/C20H26FNO3/c1-15(2)22-13-18(23)14-25-20-9-7-19(8-10-20)24-12-11-16-3-5-17(21)6-4-16/h3-10,15,18,22-23H,11-14H2,1-2H3. The Balaban J connectivity index is 1.69. The number of rotatable bonds is 10. The smallest absolute Gasteiger partial charge is 0.123 e. The topological polar surface area (TPSA) is 50.7 Å². The maximum absolute atomic E-state index is 12.8. The molecule has 2 aromatic carbocycles. The average Bonchev–Trinajstić information content (AvgIpc) is 2.61. The number of hydrogen-bond acceptors (Lipinski definition) is 4. The van der Waals surface area contributed by atoms with Gasteiger partial charge in [-0.15, -0.1) is 0 Å². The van der Waals surface area contributed by atoms with E-state index in [2.05, 4.69) is 5.32 Å². The SMILES string of the molecule is CC(C)NCC(O)COc1ccc(OCCc2ccc(F)cc2)cc1. The molecule has 0 aliphatic rings. The van der Waals surface area contributed by atoms with Crippen molar-refractivity contribution in [2.45, 2.75) is 32.4 Å². The van der Waals surface area contributed by atoms with Gasteiger partial charge in [0.05, 0.1) is 6.61 Å². The Hall–Kier alpha value is -2.11. The van der Waals surface area contributed by atoms with E-state index in [0.29, 0.717) is 31.4 Å². The van der Waals surface area contributed by atoms with E-state index in [1.807, 2.05) is 38.1 Å². The molecule has 0 saturated heterocycles. The fraction of sp³-hybridized carbons (Fsp3) is 0.400. The summed E-state index contributed by atoms with van der Waals surface area (Å²) in [6, 6.07) is 14.0. The first-order valence-electron chi connectivity index (χ1n) is 8.54. The van der Waals surface area contributed by atoms with Crippen molar-refractivity contribution in [3.63, 3.8) is 0 Å². The van der Waals surface area contributed by atoms with Crippen LogP contribution < -0.4 is 14.8 Å². The monoisotopic (exact) mass is 347 g/mol. The lowest BCUT2D eigenvalue weighted by molar-refractivity contribution is 0.104. The van der Waals surface area contributed by atoms with Gasteiger partial charge in [0.2, 0.25) is 0 Å². The number of aliphatic hydroxyl groups is 1. The molecule has 2 N–H and O–H groups in total. The van der Waals surface area contributed by atoms with Crippen molar-refractivity contribution in [3.05, 3.63) is 59.9 Å². The van der Waals surface area contributed by atoms with Crippen molar-refractivity contribution in [2.75, 3.05) is 19.8 Å². The van der Waals surface area contributed by atoms with Crippen LogP contribution in [0.25, 0.3) is 0 Å². The molecule has 0 aliphatic heterocycles. The van der Waals surface area contributed by atoms with Crippen molar-refractivity contribution in [1.29, 1.82) is 0 Å². The van der Waals surface area contributed by atoms with Gasteiger partial charge in [0, 0.05) is 19.0 Å². The van der Waals surface area contributed by atoms with Gasteiger partial charge in [0.1, 0.15) is 30.0 Å². The van der Waals surface area contributed by atoms with E-state index in [1.54, 1.807) is 12.1 Å². The Kier molecular flexibility index (Phi) is 7.70. The minimum atomic E-state index is -0.547. The third-order valence-electron chi connectivity index (χ3n) is 3.60. The van der Waals surface area contributed by atoms with E-state index in [-0.39, 0.29) is 12.4 Å². The van der Waals surface area contributed by atoms with Gasteiger partial charge < -0.3 is 19.9 Å². The summed E-state index contributed by atoms with van der Waals surface area (Å²) in [7, 11) is 0. The zero-order valence-electron chi connectivity index (χ0n) is 14.7. The summed E-state index contributed by atoms with van der Waals surface area (Å²) < 4.78 is 24.1. The van der Waals surface area contributed by atoms with E-state index in [9.17, 15) is 9.50 Å². The molecule has 0 amide bonds. The molecule has 4 nitrogen and oxygen atoms in total. The fourth-order valence-corrected chi connectivity index (χ4v) is 2.19. The van der Waals surface area contributed by atoms with Gasteiger partial charge in [-0.3, -0.25) is 0 Å². The summed E-state index contributed by atoms with van der Waals surface area (Å²) in [5, 5.41) is 13.0. The van der Waals surface area contributed by atoms with Crippen LogP contribution in [0.4, 0.5) is 4.39 Å². The maximum Gasteiger partial charge on any atom is 0.123 e. The number of aliphatic hydroxyl groups excluding tert-OH is 1. The third kappa shape index (κ3) is 7.54. The van der Waals surface area contributed by atoms with Crippen molar-refractivity contribution >= 4 is 0 Å². The molecule has 0 spiro atoms. The highest BCUT2D eigenvalue weighted by molar-refractivity contribution is 5.31. The Morgan fingerprint density at radius 1 is 0.960 bits per heavy atom. The molecule has 2 aromatic rings. The van der Waals surface area contributed by atoms with Crippen LogP contribution in [0, 0.1) is 5.82 Å². The first-order valence-corrected chi connectivity index (χ1v) is 8.54. The van der Waals surface area contributed by atoms with Gasteiger partial charge in [-0.05, 0) is 42.0 Å². The van der Waals surface area contributed by atoms with Gasteiger partial charge in [-0.2, -0.15) is 0 Å². The highest BCUT2D eigenvalue weighted by Crippen LogP contribution is 2.18. The quantitative estimate of drug-likeness (QED) is 0.693. The minimum absolute atomic E-state index is 0.231. The molecular formula is C20H26FNO3. The second-order valence-electron chi connectivity index (χ2n) is 6.22. The average molecular weight is 347 g/mol. The first kappa shape index (κ1) is 19.2. The lowest BCUT2D eigenvalue weighted by Crippen LogP contribution is -2.35. The zero-order valence-corrected chi connectivity index (χ0v) is 14.7. The Labute approximate surface area is 148 Å². The minimum Gasteiger partial charge on any atom is -0.493 e. The highest BCUT2D eigenvalue weighted by Gasteiger charge is 2.06. The number of ether oxygens (including phenoxy) is 2. The molecule has 0 radical (unpaired) electrons. The lowest BCUT2D eigenvalue weighted by atomic mass is 10.2. The summed E-state index contributed by atoms with van der Waals surface area (Å²) in [6.45, 7) is 5.32. The third-order valence-corrected chi connectivity index (χ3v) is 3.60. The largest absolute Gasteiger partial charge is 0.493 e.